The Kier molecular flexibility index (Phi) is 13.9. The average molecular weight is 704 g/mol. The largest absolute Gasteiger partial charge is 0.484 e. The van der Waals surface area contributed by atoms with Gasteiger partial charge >= 0.3 is 0 Å². The number of nitriles is 2. The van der Waals surface area contributed by atoms with Gasteiger partial charge in [0.05, 0.1) is 52.6 Å². The minimum Gasteiger partial charge on any atom is -0.484 e. The molecule has 0 radical (unpaired) electrons. The first kappa shape index (κ1) is 36.9. The Bertz CT molecular complexity index is 1970. The maximum atomic E-state index is 12.4. The van der Waals surface area contributed by atoms with E-state index in [4.69, 9.17) is 25.7 Å². The van der Waals surface area contributed by atoms with Crippen molar-refractivity contribution in [1.82, 2.24) is 10.6 Å². The molecule has 0 aliphatic rings. The number of amides is 3. The number of ether oxygens (including phenoxy) is 2. The Balaban J connectivity index is 1.12. The minimum absolute atomic E-state index is 0.153. The van der Waals surface area contributed by atoms with Gasteiger partial charge in [0.2, 0.25) is 11.0 Å². The second-order valence-electron chi connectivity index (χ2n) is 10.3. The van der Waals surface area contributed by atoms with E-state index in [9.17, 15) is 19.2 Å². The minimum atomic E-state index is -1.16. The summed E-state index contributed by atoms with van der Waals surface area (Å²) >= 11 is 0.721. The number of nitrogens with two attached hydrogens (primary N) is 1. The summed E-state index contributed by atoms with van der Waals surface area (Å²) in [6.45, 7) is -1.11. The molecule has 0 saturated heterocycles. The van der Waals surface area contributed by atoms with Crippen LogP contribution in [0.1, 0.15) is 11.1 Å². The third-order valence-electron chi connectivity index (χ3n) is 6.49. The quantitative estimate of drug-likeness (QED) is 0.132. The smallest absolute Gasteiger partial charge is 0.258 e. The number of carbonyl (C=O) groups is 4. The summed E-state index contributed by atoms with van der Waals surface area (Å²) in [5.74, 6) is -1.43. The molecule has 0 aromatic heterocycles. The maximum Gasteiger partial charge on any atom is 0.258 e. The standard InChI is InChI=1S/C35H29N9O6S/c36-17-23-1-5-25(6-2-23)41-43-27-9-13-29(14-10-27)49-20-32(45)39-19-34(47)51-22-31(35(38)48)40-33(46)21-50-30-15-11-28(12-16-30)44-42-26-7-3-24(18-37)4-8-26/h1-16,31H,19-22H2,(H2,38,48)(H,39,45)(H,40,46)/t31-/m1/s1. The van der Waals surface area contributed by atoms with Gasteiger partial charge in [-0.15, -0.1) is 0 Å². The molecule has 1 atom stereocenters. The number of primary amides is 1. The number of hydrogen-bond acceptors (Lipinski definition) is 13. The monoisotopic (exact) mass is 703 g/mol. The number of carbonyl (C=O) groups excluding carboxylic acids is 4. The molecule has 256 valence electrons. The number of rotatable bonds is 16. The molecule has 0 aliphatic carbocycles. The molecule has 0 unspecified atom stereocenters. The van der Waals surface area contributed by atoms with E-state index in [-0.39, 0.29) is 18.9 Å². The normalized spacial score (nSPS) is 11.3. The molecule has 0 aliphatic heterocycles. The van der Waals surface area contributed by atoms with E-state index in [2.05, 4.69) is 31.1 Å². The van der Waals surface area contributed by atoms with E-state index >= 15 is 0 Å². The number of hydrogen-bond donors (Lipinski definition) is 3. The molecule has 4 aromatic rings. The molecule has 16 heteroatoms. The number of thioether (sulfide) groups is 1. The Hall–Kier alpha value is -6.91. The fourth-order valence-corrected chi connectivity index (χ4v) is 4.61. The van der Waals surface area contributed by atoms with Crippen LogP contribution in [0.4, 0.5) is 22.7 Å². The summed E-state index contributed by atoms with van der Waals surface area (Å²) in [6, 6.07) is 29.1. The average Bonchev–Trinajstić information content (AvgIpc) is 3.16. The van der Waals surface area contributed by atoms with Crippen molar-refractivity contribution < 1.29 is 28.7 Å². The van der Waals surface area contributed by atoms with Gasteiger partial charge in [0.15, 0.2) is 13.2 Å². The van der Waals surface area contributed by atoms with Crippen LogP contribution < -0.4 is 25.8 Å². The van der Waals surface area contributed by atoms with Gasteiger partial charge in [-0.2, -0.15) is 31.0 Å². The number of benzene rings is 4. The highest BCUT2D eigenvalue weighted by atomic mass is 32.2. The molecule has 51 heavy (non-hydrogen) atoms. The van der Waals surface area contributed by atoms with Crippen LogP contribution in [0, 0.1) is 22.7 Å². The third kappa shape index (κ3) is 12.9. The predicted molar refractivity (Wildman–Crippen MR) is 186 cm³/mol. The third-order valence-corrected chi connectivity index (χ3v) is 7.45. The first-order valence-electron chi connectivity index (χ1n) is 15.0. The van der Waals surface area contributed by atoms with Gasteiger partial charge in [-0.05, 0) is 97.1 Å². The van der Waals surface area contributed by atoms with Gasteiger partial charge in [0, 0.05) is 5.75 Å². The second kappa shape index (κ2) is 19.2. The van der Waals surface area contributed by atoms with Crippen LogP contribution in [0.2, 0.25) is 0 Å². The summed E-state index contributed by atoms with van der Waals surface area (Å²) in [6.07, 6.45) is 0. The van der Waals surface area contributed by atoms with Crippen molar-refractivity contribution in [2.75, 3.05) is 25.5 Å². The first-order chi connectivity index (χ1) is 24.7. The van der Waals surface area contributed by atoms with Gasteiger partial charge in [0.1, 0.15) is 17.5 Å². The molecule has 3 amide bonds. The SMILES string of the molecule is N#Cc1ccc(N=Nc2ccc(OCC(=O)NCC(=O)SC[C@@H](NC(=O)COc3ccc(N=Nc4ccc(C#N)cc4)cc3)C(N)=O)cc2)cc1. The molecule has 0 spiro atoms. The zero-order chi connectivity index (χ0) is 36.4. The Morgan fingerprint density at radius 3 is 1.43 bits per heavy atom. The van der Waals surface area contributed by atoms with Crippen molar-refractivity contribution in [3.8, 4) is 23.6 Å². The molecule has 15 nitrogen and oxygen atoms in total. The summed E-state index contributed by atoms with van der Waals surface area (Å²) in [5.41, 5.74) is 8.67. The maximum absolute atomic E-state index is 12.4. The van der Waals surface area contributed by atoms with Crippen molar-refractivity contribution >= 4 is 57.3 Å². The fourth-order valence-electron chi connectivity index (χ4n) is 3.83. The van der Waals surface area contributed by atoms with E-state index in [1.165, 1.54) is 0 Å². The van der Waals surface area contributed by atoms with Crippen molar-refractivity contribution in [2.24, 2.45) is 26.2 Å². The Morgan fingerprint density at radius 1 is 0.647 bits per heavy atom. The topological polar surface area (TPSA) is 234 Å². The van der Waals surface area contributed by atoms with Crippen molar-refractivity contribution in [3.63, 3.8) is 0 Å². The summed E-state index contributed by atoms with van der Waals surface area (Å²) < 4.78 is 10.9. The zero-order valence-electron chi connectivity index (χ0n) is 26.8. The van der Waals surface area contributed by atoms with Crippen LogP contribution in [0.25, 0.3) is 0 Å². The van der Waals surface area contributed by atoms with Gasteiger partial charge < -0.3 is 25.8 Å². The zero-order valence-corrected chi connectivity index (χ0v) is 27.6. The molecular formula is C35H29N9O6S. The van der Waals surface area contributed by atoms with Gasteiger partial charge in [-0.3, -0.25) is 19.2 Å². The van der Waals surface area contributed by atoms with Crippen molar-refractivity contribution in [1.29, 1.82) is 10.5 Å². The van der Waals surface area contributed by atoms with E-state index in [1.54, 1.807) is 97.1 Å². The lowest BCUT2D eigenvalue weighted by atomic mass is 10.2. The van der Waals surface area contributed by atoms with Crippen LogP contribution >= 0.6 is 11.8 Å². The molecule has 0 fully saturated rings. The van der Waals surface area contributed by atoms with E-state index < -0.39 is 35.5 Å². The second-order valence-corrected chi connectivity index (χ2v) is 11.3. The van der Waals surface area contributed by atoms with E-state index in [0.717, 1.165) is 11.8 Å². The van der Waals surface area contributed by atoms with Crippen LogP contribution in [0.3, 0.4) is 0 Å². The number of nitrogens with zero attached hydrogens (tertiary/aromatic N) is 6. The van der Waals surface area contributed by atoms with Crippen LogP contribution in [-0.2, 0) is 19.2 Å². The first-order valence-corrected chi connectivity index (χ1v) is 16.0. The van der Waals surface area contributed by atoms with Crippen LogP contribution in [-0.4, -0.2) is 54.4 Å². The van der Waals surface area contributed by atoms with Crippen LogP contribution in [0.5, 0.6) is 11.5 Å². The highest BCUT2D eigenvalue weighted by Gasteiger charge is 2.20. The summed E-state index contributed by atoms with van der Waals surface area (Å²) in [4.78, 5) is 48.8. The molecular weight excluding hydrogens is 675 g/mol. The summed E-state index contributed by atoms with van der Waals surface area (Å²) in [7, 11) is 0. The number of nitrogens with one attached hydrogen (secondary N) is 2. The molecule has 0 heterocycles. The fraction of sp³-hybridized carbons (Fsp3) is 0.143. The lowest BCUT2D eigenvalue weighted by Gasteiger charge is -2.15. The predicted octanol–water partition coefficient (Wildman–Crippen LogP) is 5.06. The molecule has 0 saturated carbocycles. The van der Waals surface area contributed by atoms with Crippen LogP contribution in [0.15, 0.2) is 118 Å². The molecule has 4 aromatic carbocycles. The van der Waals surface area contributed by atoms with E-state index in [1.807, 2.05) is 12.1 Å². The molecule has 4 N–H and O–H groups in total. The van der Waals surface area contributed by atoms with E-state index in [0.29, 0.717) is 45.4 Å². The Morgan fingerprint density at radius 2 is 1.04 bits per heavy atom. The van der Waals surface area contributed by atoms with Gasteiger partial charge in [0.25, 0.3) is 11.8 Å². The lowest BCUT2D eigenvalue weighted by molar-refractivity contribution is -0.128. The highest BCUT2D eigenvalue weighted by molar-refractivity contribution is 8.13. The lowest BCUT2D eigenvalue weighted by Crippen LogP contribution is -2.48. The van der Waals surface area contributed by atoms with Gasteiger partial charge in [-0.25, -0.2) is 0 Å². The summed E-state index contributed by atoms with van der Waals surface area (Å²) in [5, 5.41) is 38.5. The van der Waals surface area contributed by atoms with Gasteiger partial charge in [-0.1, -0.05) is 11.8 Å². The molecule has 4 rings (SSSR count). The number of azo groups is 2. The Labute approximate surface area is 296 Å². The van der Waals surface area contributed by atoms with Crippen molar-refractivity contribution in [3.05, 3.63) is 108 Å². The molecule has 0 bridgehead atoms. The van der Waals surface area contributed by atoms with Crippen molar-refractivity contribution in [2.45, 2.75) is 6.04 Å². The highest BCUT2D eigenvalue weighted by Crippen LogP contribution is 2.23.